The second kappa shape index (κ2) is 6.52. The van der Waals surface area contributed by atoms with Gasteiger partial charge in [0.1, 0.15) is 6.04 Å². The number of nitrogens with zero attached hydrogens (tertiary/aromatic N) is 2. The van der Waals surface area contributed by atoms with E-state index in [4.69, 9.17) is 0 Å². The number of rotatable bonds is 0. The second-order valence-corrected chi connectivity index (χ2v) is 6.18. The predicted molar refractivity (Wildman–Crippen MR) is 98.3 cm³/mol. The van der Waals surface area contributed by atoms with E-state index in [1.807, 2.05) is 60.7 Å². The van der Waals surface area contributed by atoms with Crippen LogP contribution in [-0.2, 0) is 26.5 Å². The summed E-state index contributed by atoms with van der Waals surface area (Å²) in [6, 6.07) is 3.59. The third kappa shape index (κ3) is 3.19. The minimum Gasteiger partial charge on any atom is -0.372 e. The molecule has 1 aromatic rings. The topological polar surface area (TPSA) is 69.6 Å². The van der Waals surface area contributed by atoms with Crippen molar-refractivity contribution in [1.82, 2.24) is 10.3 Å². The predicted octanol–water partition coefficient (Wildman–Crippen LogP) is 0.801. The van der Waals surface area contributed by atoms with Crippen LogP contribution in [0.25, 0.3) is 12.2 Å². The van der Waals surface area contributed by atoms with Gasteiger partial charge in [-0.05, 0) is 60.7 Å². The molecule has 8 bridgehead atoms. The first-order valence-electron chi connectivity index (χ1n) is 8.09. The quantitative estimate of drug-likeness (QED) is 0.660. The minimum atomic E-state index is -0.383. The molecule has 6 heteroatoms. The van der Waals surface area contributed by atoms with Crippen molar-refractivity contribution in [2.24, 2.45) is 9.98 Å². The first-order valence-corrected chi connectivity index (χ1v) is 8.09. The zero-order valence-electron chi connectivity index (χ0n) is 13.7. The summed E-state index contributed by atoms with van der Waals surface area (Å²) in [5, 5.41) is 5.12. The number of aliphatic imine (C=N–C) groups is 2. The fourth-order valence-corrected chi connectivity index (χ4v) is 3.11. The summed E-state index contributed by atoms with van der Waals surface area (Å²) in [6.07, 6.45) is 17.1. The number of H-pyrrole nitrogens is 1. The molecule has 5 rings (SSSR count). The zero-order chi connectivity index (χ0) is 16.8. The molecule has 0 spiro atoms. The summed E-state index contributed by atoms with van der Waals surface area (Å²) in [7, 11) is 0. The van der Waals surface area contributed by atoms with Crippen LogP contribution in [0.1, 0.15) is 0 Å². The first kappa shape index (κ1) is 16.7. The molecule has 0 saturated carbocycles. The van der Waals surface area contributed by atoms with Crippen LogP contribution in [0.15, 0.2) is 81.7 Å². The van der Waals surface area contributed by atoms with Crippen molar-refractivity contribution in [2.45, 2.75) is 6.04 Å². The Balaban J connectivity index is 0.00000168. The van der Waals surface area contributed by atoms with E-state index in [0.717, 1.165) is 39.2 Å². The number of fused-ring (bicyclic) bond motifs is 6. The van der Waals surface area contributed by atoms with Crippen LogP contribution in [0.3, 0.4) is 0 Å². The molecule has 5 heterocycles. The number of nitrogens with one attached hydrogen (secondary N) is 2. The van der Waals surface area contributed by atoms with Gasteiger partial charge >= 0.3 is 0 Å². The van der Waals surface area contributed by atoms with Gasteiger partial charge in [0.15, 0.2) is 5.78 Å². The molecule has 1 unspecified atom stereocenters. The Bertz CT molecular complexity index is 1140. The molecule has 4 aliphatic heterocycles. The monoisotopic (exact) mass is 374 g/mol. The SMILES string of the molecule is O=C1C=C2C=c3ccc([nH]3)=CC3=NC(=CC4=NC(=CC1N2)C=C4)C=C3.[Ti]. The number of hydrogen-bond acceptors (Lipinski definition) is 4. The number of hydrogen-bond donors (Lipinski definition) is 2. The van der Waals surface area contributed by atoms with E-state index in [9.17, 15) is 4.79 Å². The summed E-state index contributed by atoms with van der Waals surface area (Å²) in [5.41, 5.74) is 4.15. The molecule has 1 atom stereocenters. The standard InChI is InChI=1S/C20H14N4O.Ti/c25-20-11-18-9-16-4-3-14(22-16)7-12-1-2-13(21-12)8-15-5-6-17(23-15)10-19(20)24-18;/h1-11,19,22,24H;. The molecule has 0 saturated heterocycles. The van der Waals surface area contributed by atoms with Gasteiger partial charge in [0, 0.05) is 44.2 Å². The van der Waals surface area contributed by atoms with Gasteiger partial charge in [0.2, 0.25) is 0 Å². The number of aromatic nitrogens is 1. The van der Waals surface area contributed by atoms with Gasteiger partial charge in [0.05, 0.1) is 22.8 Å². The molecule has 0 aliphatic carbocycles. The Morgan fingerprint density at radius 3 is 2.35 bits per heavy atom. The summed E-state index contributed by atoms with van der Waals surface area (Å²) in [4.78, 5) is 24.7. The van der Waals surface area contributed by atoms with Crippen LogP contribution in [-0.4, -0.2) is 28.2 Å². The first-order chi connectivity index (χ1) is 12.2. The van der Waals surface area contributed by atoms with Crippen molar-refractivity contribution in [3.05, 3.63) is 82.5 Å². The molecular formula is C20H14N4OTi. The Kier molecular flexibility index (Phi) is 4.19. The zero-order valence-corrected chi connectivity index (χ0v) is 15.3. The number of allylic oxidation sites excluding steroid dienone is 6. The van der Waals surface area contributed by atoms with Gasteiger partial charge in [0.25, 0.3) is 0 Å². The molecule has 1 aromatic heterocycles. The molecule has 5 nitrogen and oxygen atoms in total. The Morgan fingerprint density at radius 1 is 0.808 bits per heavy atom. The molecule has 0 fully saturated rings. The van der Waals surface area contributed by atoms with E-state index >= 15 is 0 Å². The Hall–Kier alpha value is -2.76. The Morgan fingerprint density at radius 2 is 1.50 bits per heavy atom. The maximum atomic E-state index is 12.2. The average molecular weight is 374 g/mol. The number of aromatic amines is 1. The van der Waals surface area contributed by atoms with Crippen molar-refractivity contribution in [3.8, 4) is 0 Å². The molecule has 0 amide bonds. The summed E-state index contributed by atoms with van der Waals surface area (Å²) in [5.74, 6) is 0.0318. The van der Waals surface area contributed by atoms with Crippen LogP contribution in [0.4, 0.5) is 0 Å². The van der Waals surface area contributed by atoms with Crippen LogP contribution in [0.5, 0.6) is 0 Å². The van der Waals surface area contributed by atoms with E-state index in [0.29, 0.717) is 0 Å². The number of carbonyl (C=O) groups excluding carboxylic acids is 1. The molecule has 2 N–H and O–H groups in total. The third-order valence-corrected chi connectivity index (χ3v) is 4.27. The summed E-state index contributed by atoms with van der Waals surface area (Å²) >= 11 is 0. The Labute approximate surface area is 164 Å². The fraction of sp³-hybridized carbons (Fsp3) is 0.0500. The van der Waals surface area contributed by atoms with Gasteiger partial charge in [-0.3, -0.25) is 4.79 Å². The normalized spacial score (nSPS) is 22.2. The van der Waals surface area contributed by atoms with Gasteiger partial charge in [-0.15, -0.1) is 0 Å². The molecule has 124 valence electrons. The van der Waals surface area contributed by atoms with Crippen molar-refractivity contribution in [1.29, 1.82) is 0 Å². The van der Waals surface area contributed by atoms with Crippen molar-refractivity contribution >= 4 is 29.4 Å². The molecule has 0 radical (unpaired) electrons. The van der Waals surface area contributed by atoms with Gasteiger partial charge in [-0.25, -0.2) is 9.98 Å². The minimum absolute atomic E-state index is 0. The van der Waals surface area contributed by atoms with Crippen LogP contribution in [0, 0.1) is 0 Å². The molecule has 26 heavy (non-hydrogen) atoms. The van der Waals surface area contributed by atoms with Crippen molar-refractivity contribution in [3.63, 3.8) is 0 Å². The van der Waals surface area contributed by atoms with E-state index in [1.54, 1.807) is 6.08 Å². The average Bonchev–Trinajstić information content (AvgIpc) is 3.33. The smallest absolute Gasteiger partial charge is 0.183 e. The van der Waals surface area contributed by atoms with Gasteiger partial charge in [-0.1, -0.05) is 0 Å². The van der Waals surface area contributed by atoms with E-state index in [1.165, 1.54) is 0 Å². The van der Waals surface area contributed by atoms with Crippen LogP contribution >= 0.6 is 0 Å². The molecule has 0 aromatic carbocycles. The number of ketones is 1. The number of carbonyl (C=O) groups is 1. The summed E-state index contributed by atoms with van der Waals surface area (Å²) < 4.78 is 0. The van der Waals surface area contributed by atoms with E-state index in [-0.39, 0.29) is 33.5 Å². The van der Waals surface area contributed by atoms with Crippen LogP contribution < -0.4 is 16.0 Å². The van der Waals surface area contributed by atoms with Gasteiger partial charge < -0.3 is 10.3 Å². The third-order valence-electron chi connectivity index (χ3n) is 4.27. The van der Waals surface area contributed by atoms with E-state index < -0.39 is 0 Å². The van der Waals surface area contributed by atoms with Crippen LogP contribution in [0.2, 0.25) is 0 Å². The maximum Gasteiger partial charge on any atom is 0.183 e. The van der Waals surface area contributed by atoms with Crippen molar-refractivity contribution < 1.29 is 26.5 Å². The largest absolute Gasteiger partial charge is 0.372 e. The van der Waals surface area contributed by atoms with Crippen molar-refractivity contribution in [2.75, 3.05) is 0 Å². The fourth-order valence-electron chi connectivity index (χ4n) is 3.11. The van der Waals surface area contributed by atoms with Gasteiger partial charge in [-0.2, -0.15) is 0 Å². The second-order valence-electron chi connectivity index (χ2n) is 6.18. The summed E-state index contributed by atoms with van der Waals surface area (Å²) in [6.45, 7) is 0. The molecule has 4 aliphatic rings. The molecular weight excluding hydrogens is 360 g/mol. The maximum absolute atomic E-state index is 12.2. The van der Waals surface area contributed by atoms with E-state index in [2.05, 4.69) is 20.3 Å².